The third kappa shape index (κ3) is 8.24. The second kappa shape index (κ2) is 13.7. The summed E-state index contributed by atoms with van der Waals surface area (Å²) in [6.45, 7) is 12.5. The maximum atomic E-state index is 12.4. The molecular formula is C30H42N2O. The number of carbonyl (C=O) groups excluding carboxylic acids is 1. The normalized spacial score (nSPS) is 15.8. The number of hydrogen-bond donors (Lipinski definition) is 0. The standard InChI is InChI=1S/C30H40N2O.H2/c1-7-12-25(30(33)22(3)4)15-9-13-23(5)19-24-14-10-16-26(20-24)28(21-31-6)29-18-11-17-27(8-2)32-29;/h10-11,14-17,20-22H,5,7-9,12-13,18-19H2,1-4,6H3;1H/b25-15?,29-28-,31-21?;. The Morgan fingerprint density at radius 2 is 2.06 bits per heavy atom. The van der Waals surface area contributed by atoms with Gasteiger partial charge in [-0.25, -0.2) is 0 Å². The van der Waals surface area contributed by atoms with E-state index in [-0.39, 0.29) is 13.1 Å². The molecule has 0 aliphatic carbocycles. The number of hydrogen-bond acceptors (Lipinski definition) is 3. The fourth-order valence-corrected chi connectivity index (χ4v) is 4.02. The van der Waals surface area contributed by atoms with Crippen molar-refractivity contribution in [1.29, 1.82) is 0 Å². The van der Waals surface area contributed by atoms with Crippen molar-refractivity contribution in [3.05, 3.63) is 77.0 Å². The molecule has 0 aromatic heterocycles. The molecule has 0 radical (unpaired) electrons. The Balaban J connectivity index is 0.00000578. The fourth-order valence-electron chi connectivity index (χ4n) is 4.02. The quantitative estimate of drug-likeness (QED) is 0.182. The van der Waals surface area contributed by atoms with E-state index in [2.05, 4.69) is 67.9 Å². The first-order valence-electron chi connectivity index (χ1n) is 12.3. The van der Waals surface area contributed by atoms with Crippen LogP contribution in [0, 0.1) is 5.92 Å². The number of rotatable bonds is 12. The molecule has 0 atom stereocenters. The summed E-state index contributed by atoms with van der Waals surface area (Å²) in [5.74, 6) is 0.334. The minimum absolute atomic E-state index is 0. The lowest BCUT2D eigenvalue weighted by Gasteiger charge is -2.13. The molecule has 0 spiro atoms. The second-order valence-corrected chi connectivity index (χ2v) is 8.97. The largest absolute Gasteiger partial charge is 0.296 e. The molecular weight excluding hydrogens is 404 g/mol. The monoisotopic (exact) mass is 446 g/mol. The molecule has 3 heteroatoms. The molecule has 0 unspecified atom stereocenters. The molecule has 178 valence electrons. The predicted octanol–water partition coefficient (Wildman–Crippen LogP) is 7.99. The lowest BCUT2D eigenvalue weighted by molar-refractivity contribution is -0.118. The summed E-state index contributed by atoms with van der Waals surface area (Å²) in [6.07, 6.45) is 14.5. The SMILES string of the molecule is C=C(CCC=C(CCC)C(=O)C(C)C)Cc1cccc(/C(C=NC)=C2/CC=CC(CC)=N2)c1.[HH]. The topological polar surface area (TPSA) is 41.8 Å². The zero-order chi connectivity index (χ0) is 24.2. The number of carbonyl (C=O) groups is 1. The average molecular weight is 447 g/mol. The highest BCUT2D eigenvalue weighted by Gasteiger charge is 2.13. The zero-order valence-electron chi connectivity index (χ0n) is 21.2. The minimum Gasteiger partial charge on any atom is -0.296 e. The van der Waals surface area contributed by atoms with Gasteiger partial charge in [0.25, 0.3) is 0 Å². The number of allylic oxidation sites excluding steroid dienone is 6. The molecule has 33 heavy (non-hydrogen) atoms. The van der Waals surface area contributed by atoms with Gasteiger partial charge in [-0.2, -0.15) is 0 Å². The van der Waals surface area contributed by atoms with Crippen LogP contribution >= 0.6 is 0 Å². The second-order valence-electron chi connectivity index (χ2n) is 8.97. The van der Waals surface area contributed by atoms with Gasteiger partial charge in [-0.3, -0.25) is 14.8 Å². The summed E-state index contributed by atoms with van der Waals surface area (Å²) in [4.78, 5) is 21.6. The molecule has 1 aliphatic heterocycles. The van der Waals surface area contributed by atoms with Crippen molar-refractivity contribution in [3.8, 4) is 0 Å². The first-order valence-corrected chi connectivity index (χ1v) is 12.3. The summed E-state index contributed by atoms with van der Waals surface area (Å²) in [7, 11) is 1.81. The van der Waals surface area contributed by atoms with Crippen molar-refractivity contribution in [3.63, 3.8) is 0 Å². The predicted molar refractivity (Wildman–Crippen MR) is 146 cm³/mol. The molecule has 1 aromatic carbocycles. The van der Waals surface area contributed by atoms with E-state index in [1.807, 2.05) is 20.1 Å². The van der Waals surface area contributed by atoms with Crippen LogP contribution in [0.3, 0.4) is 0 Å². The van der Waals surface area contributed by atoms with Crippen molar-refractivity contribution in [2.24, 2.45) is 15.9 Å². The van der Waals surface area contributed by atoms with Gasteiger partial charge < -0.3 is 0 Å². The van der Waals surface area contributed by atoms with Crippen LogP contribution in [0.4, 0.5) is 0 Å². The molecule has 1 aliphatic rings. The average Bonchev–Trinajstić information content (AvgIpc) is 2.81. The Kier molecular flexibility index (Phi) is 11.0. The van der Waals surface area contributed by atoms with E-state index in [1.165, 1.54) is 11.1 Å². The third-order valence-corrected chi connectivity index (χ3v) is 5.77. The summed E-state index contributed by atoms with van der Waals surface area (Å²) < 4.78 is 0. The Hall–Kier alpha value is -2.81. The Morgan fingerprint density at radius 3 is 2.73 bits per heavy atom. The summed E-state index contributed by atoms with van der Waals surface area (Å²) in [6, 6.07) is 8.62. The number of benzene rings is 1. The van der Waals surface area contributed by atoms with Crippen molar-refractivity contribution >= 4 is 23.3 Å². The highest BCUT2D eigenvalue weighted by molar-refractivity contribution is 6.12. The highest BCUT2D eigenvalue weighted by Crippen LogP contribution is 2.26. The lowest BCUT2D eigenvalue weighted by atomic mass is 9.94. The number of nitrogens with zero attached hydrogens (tertiary/aromatic N) is 2. The summed E-state index contributed by atoms with van der Waals surface area (Å²) >= 11 is 0. The van der Waals surface area contributed by atoms with Crippen LogP contribution < -0.4 is 0 Å². The zero-order valence-corrected chi connectivity index (χ0v) is 21.2. The highest BCUT2D eigenvalue weighted by atomic mass is 16.1. The van der Waals surface area contributed by atoms with Gasteiger partial charge in [0.1, 0.15) is 0 Å². The van der Waals surface area contributed by atoms with Crippen LogP contribution in [-0.2, 0) is 11.2 Å². The third-order valence-electron chi connectivity index (χ3n) is 5.77. The molecule has 0 fully saturated rings. The molecule has 1 aromatic rings. The fraction of sp³-hybridized carbons (Fsp3) is 0.433. The molecule has 0 saturated carbocycles. The molecule has 1 heterocycles. The number of dihydropyridines is 1. The molecule has 0 N–H and O–H groups in total. The van der Waals surface area contributed by atoms with E-state index >= 15 is 0 Å². The van der Waals surface area contributed by atoms with Gasteiger partial charge >= 0.3 is 0 Å². The van der Waals surface area contributed by atoms with Crippen molar-refractivity contribution in [1.82, 2.24) is 0 Å². The van der Waals surface area contributed by atoms with Crippen LogP contribution in [0.5, 0.6) is 0 Å². The van der Waals surface area contributed by atoms with Gasteiger partial charge in [-0.05, 0) is 54.9 Å². The Bertz CT molecular complexity index is 993. The molecule has 0 bridgehead atoms. The van der Waals surface area contributed by atoms with Gasteiger partial charge in [0, 0.05) is 38.3 Å². The van der Waals surface area contributed by atoms with Gasteiger partial charge in [-0.15, -0.1) is 0 Å². The molecule has 3 nitrogen and oxygen atoms in total. The summed E-state index contributed by atoms with van der Waals surface area (Å²) in [5.41, 5.74) is 7.80. The van der Waals surface area contributed by atoms with Crippen LogP contribution in [-0.4, -0.2) is 24.8 Å². The van der Waals surface area contributed by atoms with Crippen LogP contribution in [0.25, 0.3) is 5.57 Å². The number of aliphatic imine (C=N–C) groups is 2. The Morgan fingerprint density at radius 1 is 1.27 bits per heavy atom. The first-order chi connectivity index (χ1) is 15.9. The van der Waals surface area contributed by atoms with Gasteiger partial charge in [0.2, 0.25) is 0 Å². The smallest absolute Gasteiger partial charge is 0.161 e. The Labute approximate surface area is 202 Å². The van der Waals surface area contributed by atoms with E-state index in [1.54, 1.807) is 7.05 Å². The minimum atomic E-state index is 0. The van der Waals surface area contributed by atoms with Crippen LogP contribution in [0.2, 0.25) is 0 Å². The number of ketones is 1. The van der Waals surface area contributed by atoms with E-state index in [0.717, 1.165) is 73.1 Å². The number of Topliss-reactive ketones (excluding diaryl/α,β-unsaturated/α-hetero) is 1. The van der Waals surface area contributed by atoms with E-state index < -0.39 is 0 Å². The van der Waals surface area contributed by atoms with Crippen LogP contribution in [0.15, 0.2) is 75.9 Å². The van der Waals surface area contributed by atoms with Gasteiger partial charge in [-0.1, -0.05) is 82.7 Å². The maximum Gasteiger partial charge on any atom is 0.161 e. The van der Waals surface area contributed by atoms with Gasteiger partial charge in [0.15, 0.2) is 5.78 Å². The first kappa shape index (κ1) is 26.4. The lowest BCUT2D eigenvalue weighted by Crippen LogP contribution is -2.10. The maximum absolute atomic E-state index is 12.4. The van der Waals surface area contributed by atoms with Crippen molar-refractivity contribution in [2.75, 3.05) is 7.05 Å². The molecule has 0 saturated heterocycles. The van der Waals surface area contributed by atoms with Crippen molar-refractivity contribution in [2.45, 2.75) is 72.6 Å². The molecule has 2 rings (SSSR count). The molecule has 0 amide bonds. The van der Waals surface area contributed by atoms with Gasteiger partial charge in [0.05, 0.1) is 5.70 Å². The van der Waals surface area contributed by atoms with Crippen LogP contribution in [0.1, 0.15) is 78.8 Å². The summed E-state index contributed by atoms with van der Waals surface area (Å²) in [5, 5.41) is 0. The van der Waals surface area contributed by atoms with E-state index in [9.17, 15) is 4.79 Å². The van der Waals surface area contributed by atoms with E-state index in [4.69, 9.17) is 4.99 Å². The van der Waals surface area contributed by atoms with Crippen molar-refractivity contribution < 1.29 is 6.22 Å². The van der Waals surface area contributed by atoms with E-state index in [0.29, 0.717) is 0 Å².